The number of aromatic amines is 1. The number of pyridine rings is 1. The van der Waals surface area contributed by atoms with E-state index in [0.717, 1.165) is 50.0 Å². The highest BCUT2D eigenvalue weighted by Crippen LogP contribution is 2.41. The second kappa shape index (κ2) is 7.40. The molecule has 3 aromatic rings. The van der Waals surface area contributed by atoms with Crippen LogP contribution in [-0.4, -0.2) is 22.0 Å². The van der Waals surface area contributed by atoms with Crippen molar-refractivity contribution in [2.75, 3.05) is 13.1 Å². The van der Waals surface area contributed by atoms with Crippen molar-refractivity contribution >= 4 is 32.7 Å². The van der Waals surface area contributed by atoms with Crippen molar-refractivity contribution in [2.45, 2.75) is 45.6 Å². The Morgan fingerprint density at radius 2 is 2.07 bits per heavy atom. The molecule has 5 nitrogen and oxygen atoms in total. The molecule has 1 aliphatic rings. The SMILES string of the molecule is CCNCC1CCC(c2c(F)cc3c(=O)c4c(=O)[nH]sc4n(CC)c3c2F)C1. The summed E-state index contributed by atoms with van der Waals surface area (Å²) in [4.78, 5) is 25.2. The molecule has 1 aliphatic carbocycles. The van der Waals surface area contributed by atoms with Gasteiger partial charge in [-0.15, -0.1) is 0 Å². The van der Waals surface area contributed by atoms with Crippen LogP contribution < -0.4 is 16.3 Å². The summed E-state index contributed by atoms with van der Waals surface area (Å²) in [6, 6.07) is 1.12. The topological polar surface area (TPSA) is 66.9 Å². The number of aryl methyl sites for hydroxylation is 1. The molecule has 0 aliphatic heterocycles. The molecule has 4 rings (SSSR count). The van der Waals surface area contributed by atoms with Crippen LogP contribution in [0.3, 0.4) is 0 Å². The van der Waals surface area contributed by atoms with E-state index in [-0.39, 0.29) is 27.8 Å². The van der Waals surface area contributed by atoms with E-state index in [0.29, 0.717) is 17.3 Å². The number of rotatable bonds is 5. The quantitative estimate of drug-likeness (QED) is 0.678. The molecular weight excluding hydrogens is 384 g/mol. The van der Waals surface area contributed by atoms with Crippen molar-refractivity contribution in [1.29, 1.82) is 0 Å². The van der Waals surface area contributed by atoms with Crippen molar-refractivity contribution < 1.29 is 8.78 Å². The third-order valence-electron chi connectivity index (χ3n) is 5.84. The molecule has 8 heteroatoms. The number of fused-ring (bicyclic) bond motifs is 2. The van der Waals surface area contributed by atoms with E-state index < -0.39 is 22.6 Å². The van der Waals surface area contributed by atoms with E-state index in [2.05, 4.69) is 9.69 Å². The summed E-state index contributed by atoms with van der Waals surface area (Å²) in [5.74, 6) is -1.16. The average Bonchev–Trinajstić information content (AvgIpc) is 3.28. The van der Waals surface area contributed by atoms with Gasteiger partial charge in [0.15, 0.2) is 5.82 Å². The van der Waals surface area contributed by atoms with Gasteiger partial charge in [0.25, 0.3) is 5.56 Å². The van der Waals surface area contributed by atoms with E-state index in [1.54, 1.807) is 4.57 Å². The Morgan fingerprint density at radius 3 is 2.79 bits per heavy atom. The van der Waals surface area contributed by atoms with Crippen molar-refractivity contribution in [2.24, 2.45) is 5.92 Å². The van der Waals surface area contributed by atoms with E-state index in [1.165, 1.54) is 0 Å². The number of nitrogens with zero attached hydrogens (tertiary/aromatic N) is 1. The zero-order valence-electron chi connectivity index (χ0n) is 15.9. The van der Waals surface area contributed by atoms with E-state index in [1.807, 2.05) is 13.8 Å². The molecule has 0 spiro atoms. The molecule has 1 fully saturated rings. The lowest BCUT2D eigenvalue weighted by Crippen LogP contribution is -2.21. The third kappa shape index (κ3) is 2.90. The Morgan fingerprint density at radius 1 is 1.29 bits per heavy atom. The van der Waals surface area contributed by atoms with Crippen molar-refractivity contribution in [3.8, 4) is 0 Å². The number of benzene rings is 1. The Labute approximate surface area is 164 Å². The Balaban J connectivity index is 1.92. The zero-order valence-corrected chi connectivity index (χ0v) is 16.7. The second-order valence-corrected chi connectivity index (χ2v) is 8.25. The normalized spacial score (nSPS) is 19.9. The van der Waals surface area contributed by atoms with Gasteiger partial charge in [-0.3, -0.25) is 14.0 Å². The van der Waals surface area contributed by atoms with E-state index in [4.69, 9.17) is 0 Å². The second-order valence-electron chi connectivity index (χ2n) is 7.45. The Kier molecular flexibility index (Phi) is 5.09. The maximum absolute atomic E-state index is 15.6. The number of H-pyrrole nitrogens is 1. The van der Waals surface area contributed by atoms with Crippen LogP contribution in [-0.2, 0) is 6.54 Å². The van der Waals surface area contributed by atoms with Gasteiger partial charge in [0.1, 0.15) is 16.0 Å². The maximum Gasteiger partial charge on any atom is 0.271 e. The van der Waals surface area contributed by atoms with Gasteiger partial charge in [-0.2, -0.15) is 0 Å². The Hall–Kier alpha value is -2.06. The van der Waals surface area contributed by atoms with Crippen molar-refractivity contribution in [3.05, 3.63) is 43.8 Å². The lowest BCUT2D eigenvalue weighted by atomic mass is 9.93. The molecule has 1 aromatic carbocycles. The summed E-state index contributed by atoms with van der Waals surface area (Å²) in [5, 5.41) is 3.20. The number of aromatic nitrogens is 2. The molecule has 0 radical (unpaired) electrons. The van der Waals surface area contributed by atoms with E-state index >= 15 is 4.39 Å². The third-order valence-corrected chi connectivity index (χ3v) is 6.75. The fourth-order valence-corrected chi connectivity index (χ4v) is 5.44. The van der Waals surface area contributed by atoms with Gasteiger partial charge < -0.3 is 9.88 Å². The molecule has 2 unspecified atom stereocenters. The van der Waals surface area contributed by atoms with Crippen LogP contribution in [0.4, 0.5) is 8.78 Å². The fraction of sp³-hybridized carbons (Fsp3) is 0.500. The van der Waals surface area contributed by atoms with Gasteiger partial charge in [-0.05, 0) is 68.7 Å². The molecule has 2 atom stereocenters. The van der Waals surface area contributed by atoms with Crippen molar-refractivity contribution in [3.63, 3.8) is 0 Å². The van der Waals surface area contributed by atoms with Gasteiger partial charge in [0.2, 0.25) is 5.43 Å². The first-order valence-electron chi connectivity index (χ1n) is 9.74. The summed E-state index contributed by atoms with van der Waals surface area (Å²) in [7, 11) is 0. The molecule has 1 saturated carbocycles. The molecule has 150 valence electrons. The summed E-state index contributed by atoms with van der Waals surface area (Å²) in [5.41, 5.74) is -0.948. The smallest absolute Gasteiger partial charge is 0.271 e. The van der Waals surface area contributed by atoms with Gasteiger partial charge in [0.05, 0.1) is 10.9 Å². The monoisotopic (exact) mass is 407 g/mol. The first-order chi connectivity index (χ1) is 13.5. The minimum absolute atomic E-state index is 0.0301. The predicted octanol–water partition coefficient (Wildman–Crippen LogP) is 3.70. The standard InChI is InChI=1S/C20H23F2N3O2S/c1-3-23-9-10-5-6-11(7-10)14-13(21)8-12-17(16(14)22)25(4-2)20-15(18(12)26)19(27)24-28-20/h8,10-11,23H,3-7,9H2,1-2H3,(H,24,27). The number of nitrogens with one attached hydrogen (secondary N) is 2. The molecule has 28 heavy (non-hydrogen) atoms. The number of hydrogen-bond donors (Lipinski definition) is 2. The van der Waals surface area contributed by atoms with Crippen LogP contribution in [0.5, 0.6) is 0 Å². The highest BCUT2D eigenvalue weighted by molar-refractivity contribution is 7.12. The van der Waals surface area contributed by atoms with Crippen LogP contribution >= 0.6 is 11.5 Å². The zero-order chi connectivity index (χ0) is 20.0. The van der Waals surface area contributed by atoms with Gasteiger partial charge in [-0.1, -0.05) is 6.92 Å². The molecule has 2 N–H and O–H groups in total. The number of hydrogen-bond acceptors (Lipinski definition) is 4. The summed E-state index contributed by atoms with van der Waals surface area (Å²) < 4.78 is 34.7. The minimum Gasteiger partial charge on any atom is -0.329 e. The van der Waals surface area contributed by atoms with Crippen LogP contribution in [0.2, 0.25) is 0 Å². The lowest BCUT2D eigenvalue weighted by Gasteiger charge is -2.18. The predicted molar refractivity (Wildman–Crippen MR) is 108 cm³/mol. The summed E-state index contributed by atoms with van der Waals surface area (Å²) in [6.07, 6.45) is 2.38. The molecule has 0 amide bonds. The van der Waals surface area contributed by atoms with Crippen LogP contribution in [0.25, 0.3) is 21.1 Å². The molecule has 2 aromatic heterocycles. The fourth-order valence-electron chi connectivity index (χ4n) is 4.53. The maximum atomic E-state index is 15.6. The van der Waals surface area contributed by atoms with Gasteiger partial charge in [-0.25, -0.2) is 8.78 Å². The minimum atomic E-state index is -0.690. The summed E-state index contributed by atoms with van der Waals surface area (Å²) in [6.45, 7) is 5.95. The first kappa shape index (κ1) is 19.3. The Bertz CT molecular complexity index is 1160. The molecular formula is C20H23F2N3O2S. The number of halogens is 2. The molecule has 0 saturated heterocycles. The molecule has 2 heterocycles. The van der Waals surface area contributed by atoms with Gasteiger partial charge >= 0.3 is 0 Å². The molecule has 0 bridgehead atoms. The highest BCUT2D eigenvalue weighted by atomic mass is 32.1. The first-order valence-corrected chi connectivity index (χ1v) is 10.6. The largest absolute Gasteiger partial charge is 0.329 e. The lowest BCUT2D eigenvalue weighted by molar-refractivity contribution is 0.480. The van der Waals surface area contributed by atoms with Crippen LogP contribution in [0.1, 0.15) is 44.6 Å². The highest BCUT2D eigenvalue weighted by Gasteiger charge is 2.32. The van der Waals surface area contributed by atoms with E-state index in [9.17, 15) is 14.0 Å². The average molecular weight is 407 g/mol. The summed E-state index contributed by atoms with van der Waals surface area (Å²) >= 11 is 1.01. The van der Waals surface area contributed by atoms with Crippen molar-refractivity contribution in [1.82, 2.24) is 14.3 Å². The van der Waals surface area contributed by atoms with Gasteiger partial charge in [0, 0.05) is 12.1 Å². The van der Waals surface area contributed by atoms with Crippen LogP contribution in [0, 0.1) is 17.6 Å². The van der Waals surface area contributed by atoms with Crippen LogP contribution in [0.15, 0.2) is 15.7 Å².